The molecule has 0 bridgehead atoms. The average molecular weight is 238 g/mol. The molecule has 0 heterocycles. The second-order valence-electron chi connectivity index (χ2n) is 3.70. The van der Waals surface area contributed by atoms with Crippen molar-refractivity contribution in [2.24, 2.45) is 0 Å². The number of nitro benzene ring substituents is 1. The number of carboxylic acids is 1. The monoisotopic (exact) mass is 238 g/mol. The van der Waals surface area contributed by atoms with Gasteiger partial charge in [0.05, 0.1) is 4.92 Å². The molecule has 0 radical (unpaired) electrons. The van der Waals surface area contributed by atoms with Crippen molar-refractivity contribution in [1.29, 1.82) is 0 Å². The Labute approximate surface area is 98.4 Å². The van der Waals surface area contributed by atoms with Crippen LogP contribution in [-0.4, -0.2) is 22.0 Å². The van der Waals surface area contributed by atoms with Crippen molar-refractivity contribution >= 4 is 17.3 Å². The molecule has 92 valence electrons. The number of anilines is 1. The second-order valence-corrected chi connectivity index (χ2v) is 3.70. The fraction of sp³-hybridized carbons (Fsp3) is 0.364. The number of aryl methyl sites for hydroxylation is 1. The first-order chi connectivity index (χ1) is 7.95. The van der Waals surface area contributed by atoms with E-state index in [-0.39, 0.29) is 5.69 Å². The Balaban J connectivity index is 2.90. The molecular formula is C11H14N2O4. The lowest BCUT2D eigenvalue weighted by Gasteiger charge is -2.13. The molecule has 2 N–H and O–H groups in total. The van der Waals surface area contributed by atoms with Crippen molar-refractivity contribution in [3.8, 4) is 0 Å². The van der Waals surface area contributed by atoms with Crippen molar-refractivity contribution in [3.05, 3.63) is 33.9 Å². The van der Waals surface area contributed by atoms with Crippen LogP contribution in [0.1, 0.15) is 18.9 Å². The minimum atomic E-state index is -0.941. The second kappa shape index (κ2) is 5.29. The molecule has 0 amide bonds. The molecular weight excluding hydrogens is 224 g/mol. The predicted octanol–water partition coefficient (Wildman–Crippen LogP) is 2.18. The molecule has 1 unspecified atom stereocenters. The maximum atomic E-state index is 10.8. The van der Waals surface area contributed by atoms with Gasteiger partial charge in [0.2, 0.25) is 0 Å². The zero-order valence-electron chi connectivity index (χ0n) is 9.64. The number of carbonyl (C=O) groups is 1. The van der Waals surface area contributed by atoms with Crippen LogP contribution < -0.4 is 5.32 Å². The molecule has 0 aliphatic heterocycles. The minimum Gasteiger partial charge on any atom is -0.480 e. The average Bonchev–Trinajstić information content (AvgIpc) is 2.24. The van der Waals surface area contributed by atoms with Gasteiger partial charge in [-0.1, -0.05) is 6.92 Å². The minimum absolute atomic E-state index is 0.0268. The van der Waals surface area contributed by atoms with Gasteiger partial charge in [-0.2, -0.15) is 0 Å². The summed E-state index contributed by atoms with van der Waals surface area (Å²) in [6, 6.07) is 3.77. The van der Waals surface area contributed by atoms with E-state index in [2.05, 4.69) is 5.32 Å². The highest BCUT2D eigenvalue weighted by atomic mass is 16.6. The number of hydrogen-bond acceptors (Lipinski definition) is 4. The van der Waals surface area contributed by atoms with Gasteiger partial charge in [-0.05, 0) is 25.5 Å². The third-order valence-corrected chi connectivity index (χ3v) is 2.44. The van der Waals surface area contributed by atoms with E-state index in [4.69, 9.17) is 5.11 Å². The van der Waals surface area contributed by atoms with Gasteiger partial charge < -0.3 is 10.4 Å². The van der Waals surface area contributed by atoms with Crippen LogP contribution in [0.4, 0.5) is 11.4 Å². The standard InChI is InChI=1S/C11H14N2O4/c1-3-9(11(14)15)12-8-4-5-10(13(16)17)7(2)6-8/h4-6,9,12H,3H2,1-2H3,(H,14,15). The number of benzene rings is 1. The van der Waals surface area contributed by atoms with Crippen LogP contribution in [0, 0.1) is 17.0 Å². The Morgan fingerprint density at radius 3 is 2.65 bits per heavy atom. The Morgan fingerprint density at radius 1 is 1.59 bits per heavy atom. The summed E-state index contributed by atoms with van der Waals surface area (Å²) in [6.07, 6.45) is 0.436. The Hall–Kier alpha value is -2.11. The molecule has 6 nitrogen and oxygen atoms in total. The highest BCUT2D eigenvalue weighted by Gasteiger charge is 2.16. The lowest BCUT2D eigenvalue weighted by atomic mass is 10.1. The van der Waals surface area contributed by atoms with Crippen LogP contribution in [0.25, 0.3) is 0 Å². The molecule has 6 heteroatoms. The lowest BCUT2D eigenvalue weighted by Crippen LogP contribution is -2.28. The van der Waals surface area contributed by atoms with Gasteiger partial charge in [0.15, 0.2) is 0 Å². The molecule has 0 fully saturated rings. The number of nitrogens with one attached hydrogen (secondary N) is 1. The predicted molar refractivity (Wildman–Crippen MR) is 63.2 cm³/mol. The molecule has 1 aromatic rings. The van der Waals surface area contributed by atoms with Crippen molar-refractivity contribution in [2.45, 2.75) is 26.3 Å². The van der Waals surface area contributed by atoms with Crippen LogP contribution in [0.15, 0.2) is 18.2 Å². The van der Waals surface area contributed by atoms with Crippen LogP contribution >= 0.6 is 0 Å². The number of hydrogen-bond donors (Lipinski definition) is 2. The van der Waals surface area contributed by atoms with E-state index < -0.39 is 16.9 Å². The van der Waals surface area contributed by atoms with Gasteiger partial charge in [0, 0.05) is 17.3 Å². The lowest BCUT2D eigenvalue weighted by molar-refractivity contribution is -0.385. The van der Waals surface area contributed by atoms with Crippen LogP contribution in [0.3, 0.4) is 0 Å². The smallest absolute Gasteiger partial charge is 0.326 e. The van der Waals surface area contributed by atoms with Gasteiger partial charge in [0.25, 0.3) is 5.69 Å². The molecule has 0 saturated carbocycles. The zero-order valence-corrected chi connectivity index (χ0v) is 9.64. The van der Waals surface area contributed by atoms with Crippen LogP contribution in [0.5, 0.6) is 0 Å². The number of nitrogens with zero attached hydrogens (tertiary/aromatic N) is 1. The van der Waals surface area contributed by atoms with E-state index in [9.17, 15) is 14.9 Å². The first-order valence-electron chi connectivity index (χ1n) is 5.20. The summed E-state index contributed by atoms with van der Waals surface area (Å²) in [6.45, 7) is 3.37. The number of nitro groups is 1. The fourth-order valence-corrected chi connectivity index (χ4v) is 1.49. The van der Waals surface area contributed by atoms with Crippen molar-refractivity contribution in [3.63, 3.8) is 0 Å². The van der Waals surface area contributed by atoms with E-state index in [0.29, 0.717) is 17.7 Å². The highest BCUT2D eigenvalue weighted by molar-refractivity contribution is 5.77. The van der Waals surface area contributed by atoms with Crippen molar-refractivity contribution in [1.82, 2.24) is 0 Å². The maximum absolute atomic E-state index is 10.8. The molecule has 0 aliphatic carbocycles. The van der Waals surface area contributed by atoms with E-state index >= 15 is 0 Å². The summed E-state index contributed by atoms with van der Waals surface area (Å²) in [5.41, 5.74) is 1.10. The van der Waals surface area contributed by atoms with E-state index in [1.165, 1.54) is 12.1 Å². The summed E-state index contributed by atoms with van der Waals surface area (Å²) in [4.78, 5) is 21.0. The first-order valence-corrected chi connectivity index (χ1v) is 5.20. The Morgan fingerprint density at radius 2 is 2.24 bits per heavy atom. The third kappa shape index (κ3) is 3.17. The van der Waals surface area contributed by atoms with E-state index in [0.717, 1.165) is 0 Å². The van der Waals surface area contributed by atoms with E-state index in [1.807, 2.05) is 0 Å². The largest absolute Gasteiger partial charge is 0.480 e. The summed E-state index contributed by atoms with van der Waals surface area (Å²) in [7, 11) is 0. The molecule has 0 spiro atoms. The summed E-state index contributed by atoms with van der Waals surface area (Å²) in [5, 5.41) is 22.3. The van der Waals surface area contributed by atoms with E-state index in [1.54, 1.807) is 19.9 Å². The normalized spacial score (nSPS) is 11.9. The molecule has 1 atom stereocenters. The SMILES string of the molecule is CCC(Nc1ccc([N+](=O)[O-])c(C)c1)C(=O)O. The summed E-state index contributed by atoms with van der Waals surface area (Å²) in [5.74, 6) is -0.941. The quantitative estimate of drug-likeness (QED) is 0.605. The Kier molecular flexibility index (Phi) is 4.03. The molecule has 17 heavy (non-hydrogen) atoms. The zero-order chi connectivity index (χ0) is 13.0. The Bertz CT molecular complexity index is 445. The maximum Gasteiger partial charge on any atom is 0.326 e. The van der Waals surface area contributed by atoms with Gasteiger partial charge in [0.1, 0.15) is 6.04 Å². The number of aliphatic carboxylic acids is 1. The van der Waals surface area contributed by atoms with Crippen molar-refractivity contribution in [2.75, 3.05) is 5.32 Å². The number of carboxylic acid groups (broad SMARTS) is 1. The number of rotatable bonds is 5. The molecule has 1 rings (SSSR count). The highest BCUT2D eigenvalue weighted by Crippen LogP contribution is 2.22. The van der Waals surface area contributed by atoms with Gasteiger partial charge in [-0.25, -0.2) is 4.79 Å². The summed E-state index contributed by atoms with van der Waals surface area (Å²) < 4.78 is 0. The van der Waals surface area contributed by atoms with Crippen LogP contribution in [-0.2, 0) is 4.79 Å². The first kappa shape index (κ1) is 13.0. The fourth-order valence-electron chi connectivity index (χ4n) is 1.49. The van der Waals surface area contributed by atoms with Gasteiger partial charge >= 0.3 is 5.97 Å². The van der Waals surface area contributed by atoms with Crippen LogP contribution in [0.2, 0.25) is 0 Å². The molecule has 0 aliphatic rings. The van der Waals surface area contributed by atoms with Gasteiger partial charge in [-0.15, -0.1) is 0 Å². The molecule has 0 aromatic heterocycles. The molecule has 0 saturated heterocycles. The third-order valence-electron chi connectivity index (χ3n) is 2.44. The van der Waals surface area contributed by atoms with Crippen molar-refractivity contribution < 1.29 is 14.8 Å². The summed E-state index contributed by atoms with van der Waals surface area (Å²) >= 11 is 0. The van der Waals surface area contributed by atoms with Gasteiger partial charge in [-0.3, -0.25) is 10.1 Å². The topological polar surface area (TPSA) is 92.5 Å². The molecule has 1 aromatic carbocycles.